The van der Waals surface area contributed by atoms with Crippen LogP contribution in [0.15, 0.2) is 152 Å². The lowest BCUT2D eigenvalue weighted by molar-refractivity contribution is -0.148. The van der Waals surface area contributed by atoms with Crippen molar-refractivity contribution in [1.82, 2.24) is 0 Å². The van der Waals surface area contributed by atoms with Gasteiger partial charge in [0.15, 0.2) is 6.10 Å². The van der Waals surface area contributed by atoms with Crippen molar-refractivity contribution in [2.45, 2.75) is 16.9 Å². The summed E-state index contributed by atoms with van der Waals surface area (Å²) in [5.41, 5.74) is 11.8. The predicted molar refractivity (Wildman–Crippen MR) is 160 cm³/mol. The molecule has 0 spiro atoms. The monoisotopic (exact) mass is 529 g/mol. The average Bonchev–Trinajstić information content (AvgIpc) is 3.02. The minimum Gasteiger partial charge on any atom is -0.451 e. The van der Waals surface area contributed by atoms with E-state index in [9.17, 15) is 4.79 Å². The van der Waals surface area contributed by atoms with E-state index in [4.69, 9.17) is 10.5 Å². The highest BCUT2D eigenvalue weighted by Gasteiger charge is 2.38. The van der Waals surface area contributed by atoms with Crippen LogP contribution in [0.1, 0.15) is 33.9 Å². The van der Waals surface area contributed by atoms with Crippen molar-refractivity contribution in [2.24, 2.45) is 5.73 Å². The summed E-state index contributed by atoms with van der Waals surface area (Å²) < 4.78 is 5.53. The van der Waals surface area contributed by atoms with Crippen molar-refractivity contribution < 1.29 is 9.53 Å². The molecule has 0 aliphatic heterocycles. The van der Waals surface area contributed by atoms with Crippen LogP contribution in [0.25, 0.3) is 0 Å². The molecule has 5 aromatic carbocycles. The molecule has 1 atom stereocenters. The Balaban J connectivity index is 1.45. The van der Waals surface area contributed by atoms with E-state index in [1.165, 1.54) is 0 Å². The van der Waals surface area contributed by atoms with Gasteiger partial charge in [-0.05, 0) is 27.8 Å². The number of rotatable bonds is 10. The molecule has 5 aromatic rings. The Labute approximate surface area is 234 Å². The van der Waals surface area contributed by atoms with E-state index in [1.54, 1.807) is 11.8 Å². The third kappa shape index (κ3) is 5.98. The van der Waals surface area contributed by atoms with Gasteiger partial charge in [0.05, 0.1) is 4.75 Å². The van der Waals surface area contributed by atoms with Crippen molar-refractivity contribution >= 4 is 17.7 Å². The van der Waals surface area contributed by atoms with Gasteiger partial charge in [-0.15, -0.1) is 11.8 Å². The number of carbonyl (C=O) groups is 1. The highest BCUT2D eigenvalue weighted by molar-refractivity contribution is 8.00. The highest BCUT2D eigenvalue weighted by atomic mass is 32.2. The fourth-order valence-electron chi connectivity index (χ4n) is 4.84. The topological polar surface area (TPSA) is 52.3 Å². The van der Waals surface area contributed by atoms with Crippen LogP contribution >= 0.6 is 11.8 Å². The van der Waals surface area contributed by atoms with Gasteiger partial charge >= 0.3 is 5.97 Å². The first-order valence-electron chi connectivity index (χ1n) is 13.0. The lowest BCUT2D eigenvalue weighted by Gasteiger charge is -2.36. The van der Waals surface area contributed by atoms with Crippen LogP contribution < -0.4 is 5.73 Å². The molecule has 0 radical (unpaired) electrons. The summed E-state index contributed by atoms with van der Waals surface area (Å²) in [6, 6.07) is 49.9. The van der Waals surface area contributed by atoms with Gasteiger partial charge in [-0.3, -0.25) is 4.79 Å². The maximum atomic E-state index is 13.5. The molecule has 0 heterocycles. The minimum atomic E-state index is -0.819. The lowest BCUT2D eigenvalue weighted by atomic mass is 9.84. The molecule has 0 aromatic heterocycles. The second-order valence-electron chi connectivity index (χ2n) is 9.34. The van der Waals surface area contributed by atoms with Crippen LogP contribution in [0.5, 0.6) is 0 Å². The molecule has 1 unspecified atom stereocenters. The summed E-state index contributed by atoms with van der Waals surface area (Å²) in [6.07, 6.45) is -0.530. The van der Waals surface area contributed by atoms with Crippen LogP contribution in [0.4, 0.5) is 0 Å². The van der Waals surface area contributed by atoms with Gasteiger partial charge in [-0.2, -0.15) is 0 Å². The zero-order valence-electron chi connectivity index (χ0n) is 21.6. The number of hydrogen-bond acceptors (Lipinski definition) is 4. The number of carbonyl (C=O) groups excluding carboxylic acids is 1. The Bertz CT molecular complexity index is 1310. The molecule has 5 rings (SSSR count). The molecule has 0 aliphatic carbocycles. The summed E-state index contributed by atoms with van der Waals surface area (Å²) in [4.78, 5) is 13.5. The molecule has 194 valence electrons. The highest BCUT2D eigenvalue weighted by Crippen LogP contribution is 2.48. The SMILES string of the molecule is NC(CSC(c1ccccc1)(c1ccccc1)c1ccccc1)C(=O)OC(c1ccccc1)c1ccccc1. The second-order valence-corrected chi connectivity index (χ2v) is 10.6. The van der Waals surface area contributed by atoms with Crippen LogP contribution in [-0.2, 0) is 14.3 Å². The van der Waals surface area contributed by atoms with Crippen LogP contribution in [0, 0.1) is 0 Å². The Morgan fingerprint density at radius 1 is 0.590 bits per heavy atom. The number of nitrogens with two attached hydrogens (primary N) is 1. The summed E-state index contributed by atoms with van der Waals surface area (Å²) in [6.45, 7) is 0. The molecule has 2 N–H and O–H groups in total. The molecule has 0 amide bonds. The van der Waals surface area contributed by atoms with Crippen LogP contribution in [-0.4, -0.2) is 17.8 Å². The summed E-state index contributed by atoms with van der Waals surface area (Å²) in [7, 11) is 0. The summed E-state index contributed by atoms with van der Waals surface area (Å²) in [5, 5.41) is 0. The predicted octanol–water partition coefficient (Wildman–Crippen LogP) is 7.37. The number of hydrogen-bond donors (Lipinski definition) is 1. The van der Waals surface area contributed by atoms with Gasteiger partial charge < -0.3 is 10.5 Å². The third-order valence-corrected chi connectivity index (χ3v) is 8.43. The first kappa shape index (κ1) is 26.5. The summed E-state index contributed by atoms with van der Waals surface area (Å²) >= 11 is 1.66. The summed E-state index contributed by atoms with van der Waals surface area (Å²) in [5.74, 6) is -0.0586. The fraction of sp³-hybridized carbons (Fsp3) is 0.114. The van der Waals surface area contributed by atoms with Gasteiger partial charge in [0.2, 0.25) is 0 Å². The van der Waals surface area contributed by atoms with E-state index in [1.807, 2.05) is 78.9 Å². The molecule has 0 aliphatic rings. The zero-order valence-corrected chi connectivity index (χ0v) is 22.4. The lowest BCUT2D eigenvalue weighted by Crippen LogP contribution is -2.38. The molecular formula is C35H31NO2S. The number of esters is 1. The molecule has 0 saturated carbocycles. The molecular weight excluding hydrogens is 498 g/mol. The minimum absolute atomic E-state index is 0.369. The average molecular weight is 530 g/mol. The molecule has 39 heavy (non-hydrogen) atoms. The van der Waals surface area contributed by atoms with Gasteiger partial charge in [0, 0.05) is 5.75 Å². The van der Waals surface area contributed by atoms with E-state index in [-0.39, 0.29) is 0 Å². The molecule has 3 nitrogen and oxygen atoms in total. The van der Waals surface area contributed by atoms with E-state index in [2.05, 4.69) is 72.8 Å². The van der Waals surface area contributed by atoms with E-state index >= 15 is 0 Å². The van der Waals surface area contributed by atoms with Gasteiger partial charge in [-0.1, -0.05) is 152 Å². The Morgan fingerprint density at radius 3 is 1.28 bits per heavy atom. The molecule has 0 fully saturated rings. The standard InChI is InChI=1S/C35H31NO2S/c36-32(34(37)38-33(27-16-6-1-7-17-27)28-18-8-2-9-19-28)26-39-35(29-20-10-3-11-21-29,30-22-12-4-13-23-30)31-24-14-5-15-25-31/h1-25,32-33H,26,36H2. The first-order valence-corrected chi connectivity index (χ1v) is 14.0. The van der Waals surface area contributed by atoms with Gasteiger partial charge in [0.25, 0.3) is 0 Å². The maximum absolute atomic E-state index is 13.5. The Hall–Kier alpha value is -4.12. The Kier molecular flexibility index (Phi) is 8.57. The third-order valence-electron chi connectivity index (χ3n) is 6.76. The van der Waals surface area contributed by atoms with Gasteiger partial charge in [0.1, 0.15) is 6.04 Å². The van der Waals surface area contributed by atoms with Crippen molar-refractivity contribution in [3.8, 4) is 0 Å². The number of thioether (sulfide) groups is 1. The van der Waals surface area contributed by atoms with Crippen LogP contribution in [0.2, 0.25) is 0 Å². The quantitative estimate of drug-likeness (QED) is 0.152. The first-order chi connectivity index (χ1) is 19.2. The van der Waals surface area contributed by atoms with Gasteiger partial charge in [-0.25, -0.2) is 0 Å². The Morgan fingerprint density at radius 2 is 0.923 bits per heavy atom. The fourth-order valence-corrected chi connectivity index (χ4v) is 6.31. The molecule has 4 heteroatoms. The van der Waals surface area contributed by atoms with E-state index < -0.39 is 22.9 Å². The van der Waals surface area contributed by atoms with Crippen molar-refractivity contribution in [3.63, 3.8) is 0 Å². The zero-order chi connectivity index (χ0) is 26.9. The van der Waals surface area contributed by atoms with E-state index in [0.29, 0.717) is 5.75 Å². The maximum Gasteiger partial charge on any atom is 0.324 e. The normalized spacial score (nSPS) is 12.2. The van der Waals surface area contributed by atoms with Crippen molar-refractivity contribution in [2.75, 3.05) is 5.75 Å². The molecule has 0 saturated heterocycles. The smallest absolute Gasteiger partial charge is 0.324 e. The largest absolute Gasteiger partial charge is 0.451 e. The second kappa shape index (κ2) is 12.6. The van der Waals surface area contributed by atoms with E-state index in [0.717, 1.165) is 27.8 Å². The number of benzene rings is 5. The molecule has 0 bridgehead atoms. The number of ether oxygens (including phenoxy) is 1. The van der Waals surface area contributed by atoms with Crippen molar-refractivity contribution in [1.29, 1.82) is 0 Å². The van der Waals surface area contributed by atoms with Crippen molar-refractivity contribution in [3.05, 3.63) is 179 Å². The van der Waals surface area contributed by atoms with Crippen LogP contribution in [0.3, 0.4) is 0 Å².